The van der Waals surface area contributed by atoms with Crippen LogP contribution >= 0.6 is 0 Å². The van der Waals surface area contributed by atoms with Crippen LogP contribution in [0.3, 0.4) is 0 Å². The maximum Gasteiger partial charge on any atom is 0.0562 e. The van der Waals surface area contributed by atoms with Gasteiger partial charge in [-0.1, -0.05) is 127 Å². The molecule has 0 spiro atoms. The fourth-order valence-electron chi connectivity index (χ4n) is 7.05. The summed E-state index contributed by atoms with van der Waals surface area (Å²) in [5.74, 6) is 0.168. The first kappa shape index (κ1) is 28.6. The number of hydrogen-bond acceptors (Lipinski definition) is 1. The average molecular weight is 605 g/mol. The third kappa shape index (κ3) is 5.28. The number of aromatic nitrogens is 1. The standard InChI is InChI=1S/C45H36N2/c1-32-16-13-14-27-46(38-24-15-21-36(29-38)41(35-19-9-10-20-35)28-33(2)34-17-5-3-6-18-34)44-31-45-42(30-40(32)44)39-25-11-12-26-43(39)47(45)37-22-7-4-8-23-37/h3-19,21-31,41H,1,20H2,2H3/b16-13-,27-14-,33-28+. The summed E-state index contributed by atoms with van der Waals surface area (Å²) in [6.07, 6.45) is 18.6. The van der Waals surface area contributed by atoms with Crippen molar-refractivity contribution in [2.45, 2.75) is 19.3 Å². The highest BCUT2D eigenvalue weighted by molar-refractivity contribution is 6.12. The summed E-state index contributed by atoms with van der Waals surface area (Å²) in [5, 5.41) is 2.46. The SMILES string of the molecule is C=C1/C=C\C=C/N(c2cccc(C(/C=C(\C)c3ccccc3)C3=CC=CC3)c2)c2cc3c(cc21)c1ccccc1n3-c1ccccc1. The average Bonchev–Trinajstić information content (AvgIpc) is 3.77. The van der Waals surface area contributed by atoms with Gasteiger partial charge in [-0.15, -0.1) is 0 Å². The van der Waals surface area contributed by atoms with Crippen molar-refractivity contribution in [2.24, 2.45) is 0 Å². The normalized spacial score (nSPS) is 16.5. The van der Waals surface area contributed by atoms with E-state index < -0.39 is 0 Å². The van der Waals surface area contributed by atoms with Crippen LogP contribution in [-0.4, -0.2) is 4.57 Å². The molecular weight excluding hydrogens is 569 g/mol. The van der Waals surface area contributed by atoms with Gasteiger partial charge in [-0.05, 0) is 84.2 Å². The fraction of sp³-hybridized carbons (Fsp3) is 0.0667. The molecular formula is C45H36N2. The first-order valence-electron chi connectivity index (χ1n) is 16.3. The molecule has 6 aromatic rings. The zero-order valence-electron chi connectivity index (χ0n) is 26.6. The van der Waals surface area contributed by atoms with E-state index in [9.17, 15) is 0 Å². The lowest BCUT2D eigenvalue weighted by atomic mass is 9.87. The van der Waals surface area contributed by atoms with Gasteiger partial charge in [0.2, 0.25) is 0 Å². The Morgan fingerprint density at radius 1 is 0.723 bits per heavy atom. The van der Waals surface area contributed by atoms with Crippen molar-refractivity contribution in [2.75, 3.05) is 4.90 Å². The highest BCUT2D eigenvalue weighted by Crippen LogP contribution is 2.43. The van der Waals surface area contributed by atoms with E-state index in [2.05, 4.69) is 193 Å². The Morgan fingerprint density at radius 3 is 2.30 bits per heavy atom. The summed E-state index contributed by atoms with van der Waals surface area (Å²) in [7, 11) is 0. The van der Waals surface area contributed by atoms with Crippen LogP contribution in [0.15, 0.2) is 182 Å². The monoisotopic (exact) mass is 604 g/mol. The maximum atomic E-state index is 4.52. The Balaban J connectivity index is 1.31. The maximum absolute atomic E-state index is 4.52. The van der Waals surface area contributed by atoms with Crippen LogP contribution < -0.4 is 4.90 Å². The number of benzene rings is 5. The van der Waals surface area contributed by atoms with Gasteiger partial charge in [-0.25, -0.2) is 0 Å². The molecule has 226 valence electrons. The largest absolute Gasteiger partial charge is 0.316 e. The minimum Gasteiger partial charge on any atom is -0.316 e. The van der Waals surface area contributed by atoms with Crippen molar-refractivity contribution in [3.8, 4) is 5.69 Å². The summed E-state index contributed by atoms with van der Waals surface area (Å²) in [6.45, 7) is 6.74. The van der Waals surface area contributed by atoms with Crippen molar-refractivity contribution < 1.29 is 0 Å². The van der Waals surface area contributed by atoms with Crippen LogP contribution in [0.1, 0.15) is 36.0 Å². The minimum absolute atomic E-state index is 0.168. The molecule has 8 rings (SSSR count). The van der Waals surface area contributed by atoms with Gasteiger partial charge in [-0.2, -0.15) is 0 Å². The van der Waals surface area contributed by atoms with E-state index in [1.807, 2.05) is 0 Å². The van der Waals surface area contributed by atoms with Crippen molar-refractivity contribution in [3.05, 3.63) is 199 Å². The molecule has 2 heteroatoms. The van der Waals surface area contributed by atoms with E-state index in [-0.39, 0.29) is 5.92 Å². The molecule has 2 nitrogen and oxygen atoms in total. The number of hydrogen-bond donors (Lipinski definition) is 0. The van der Waals surface area contributed by atoms with Gasteiger partial charge in [0.15, 0.2) is 0 Å². The van der Waals surface area contributed by atoms with Crippen LogP contribution in [0.25, 0.3) is 38.6 Å². The molecule has 5 aromatic carbocycles. The molecule has 2 aliphatic rings. The van der Waals surface area contributed by atoms with Crippen molar-refractivity contribution >= 4 is 44.3 Å². The zero-order chi connectivity index (χ0) is 31.7. The molecule has 47 heavy (non-hydrogen) atoms. The second kappa shape index (κ2) is 12.2. The lowest BCUT2D eigenvalue weighted by molar-refractivity contribution is 0.956. The highest BCUT2D eigenvalue weighted by atomic mass is 15.1. The first-order chi connectivity index (χ1) is 23.2. The first-order valence-corrected chi connectivity index (χ1v) is 16.3. The molecule has 0 amide bonds. The number of para-hydroxylation sites is 2. The molecule has 1 aliphatic carbocycles. The minimum atomic E-state index is 0.168. The molecule has 1 aliphatic heterocycles. The second-order valence-electron chi connectivity index (χ2n) is 12.3. The van der Waals surface area contributed by atoms with E-state index in [0.717, 1.165) is 34.6 Å². The van der Waals surface area contributed by atoms with Crippen LogP contribution in [0.4, 0.5) is 11.4 Å². The Bertz CT molecular complexity index is 2290. The van der Waals surface area contributed by atoms with Crippen LogP contribution in [0.5, 0.6) is 0 Å². The van der Waals surface area contributed by atoms with E-state index >= 15 is 0 Å². The Morgan fingerprint density at radius 2 is 1.49 bits per heavy atom. The molecule has 2 heterocycles. The highest BCUT2D eigenvalue weighted by Gasteiger charge is 2.22. The summed E-state index contributed by atoms with van der Waals surface area (Å²) in [4.78, 5) is 2.33. The van der Waals surface area contributed by atoms with Crippen LogP contribution in [0, 0.1) is 0 Å². The molecule has 0 saturated carbocycles. The number of nitrogens with zero attached hydrogens (tertiary/aromatic N) is 2. The van der Waals surface area contributed by atoms with Crippen molar-refractivity contribution in [1.82, 2.24) is 4.57 Å². The molecule has 1 atom stereocenters. The van der Waals surface area contributed by atoms with Gasteiger partial charge < -0.3 is 9.47 Å². The summed E-state index contributed by atoms with van der Waals surface area (Å²) < 4.78 is 2.38. The van der Waals surface area contributed by atoms with Gasteiger partial charge in [-0.3, -0.25) is 0 Å². The van der Waals surface area contributed by atoms with Crippen molar-refractivity contribution in [3.63, 3.8) is 0 Å². The zero-order valence-corrected chi connectivity index (χ0v) is 26.6. The lowest BCUT2D eigenvalue weighted by Gasteiger charge is -2.27. The Hall–Kier alpha value is -5.86. The number of rotatable bonds is 6. The van der Waals surface area contributed by atoms with Gasteiger partial charge >= 0.3 is 0 Å². The fourth-order valence-corrected chi connectivity index (χ4v) is 7.05. The predicted octanol–water partition coefficient (Wildman–Crippen LogP) is 12.1. The van der Waals surface area contributed by atoms with Gasteiger partial charge in [0, 0.05) is 39.8 Å². The molecule has 0 bridgehead atoms. The number of anilines is 2. The molecule has 1 aromatic heterocycles. The topological polar surface area (TPSA) is 8.17 Å². The number of fused-ring (bicyclic) bond motifs is 4. The van der Waals surface area contributed by atoms with Gasteiger partial charge in [0.05, 0.1) is 16.7 Å². The summed E-state index contributed by atoms with van der Waals surface area (Å²) in [6, 6.07) is 43.8. The van der Waals surface area contributed by atoms with E-state index in [0.29, 0.717) is 0 Å². The third-order valence-electron chi connectivity index (χ3n) is 9.41. The molecule has 0 radical (unpaired) electrons. The Kier molecular flexibility index (Phi) is 7.39. The Labute approximate surface area is 276 Å². The smallest absolute Gasteiger partial charge is 0.0562 e. The van der Waals surface area contributed by atoms with E-state index in [4.69, 9.17) is 0 Å². The molecule has 1 unspecified atom stereocenters. The molecule has 0 saturated heterocycles. The van der Waals surface area contributed by atoms with E-state index in [1.54, 1.807) is 0 Å². The summed E-state index contributed by atoms with van der Waals surface area (Å²) >= 11 is 0. The van der Waals surface area contributed by atoms with E-state index in [1.165, 1.54) is 44.1 Å². The molecule has 0 fully saturated rings. The van der Waals surface area contributed by atoms with Gasteiger partial charge in [0.1, 0.15) is 0 Å². The summed E-state index contributed by atoms with van der Waals surface area (Å²) in [5.41, 5.74) is 13.1. The quantitative estimate of drug-likeness (QED) is 0.184. The number of allylic oxidation sites excluding steroid dienone is 10. The van der Waals surface area contributed by atoms with Gasteiger partial charge in [0.25, 0.3) is 0 Å². The van der Waals surface area contributed by atoms with Crippen LogP contribution in [0.2, 0.25) is 0 Å². The van der Waals surface area contributed by atoms with Crippen LogP contribution in [-0.2, 0) is 0 Å². The van der Waals surface area contributed by atoms with Crippen molar-refractivity contribution in [1.29, 1.82) is 0 Å². The lowest BCUT2D eigenvalue weighted by Crippen LogP contribution is -2.12. The second-order valence-corrected chi connectivity index (χ2v) is 12.3. The predicted molar refractivity (Wildman–Crippen MR) is 201 cm³/mol. The third-order valence-corrected chi connectivity index (χ3v) is 9.41. The molecule has 0 N–H and O–H groups in total.